The average molecular weight is 373 g/mol. The van der Waals surface area contributed by atoms with Gasteiger partial charge in [-0.1, -0.05) is 29.8 Å². The van der Waals surface area contributed by atoms with Crippen LogP contribution in [0.1, 0.15) is 21.9 Å². The second-order valence-electron chi connectivity index (χ2n) is 5.65. The molecule has 1 amide bonds. The smallest absolute Gasteiger partial charge is 0.355 e. The van der Waals surface area contributed by atoms with Gasteiger partial charge in [0, 0.05) is 6.20 Å². The van der Waals surface area contributed by atoms with Crippen LogP contribution in [0.3, 0.4) is 0 Å². The molecule has 0 aliphatic carbocycles. The number of nitrogens with zero attached hydrogens (tertiary/aromatic N) is 2. The Morgan fingerprint density at radius 1 is 1.27 bits per heavy atom. The number of aromatic amines is 1. The summed E-state index contributed by atoms with van der Waals surface area (Å²) in [4.78, 5) is 26.6. The first-order chi connectivity index (χ1) is 12.5. The zero-order valence-electron chi connectivity index (χ0n) is 14.2. The third-order valence-electron chi connectivity index (χ3n) is 3.76. The summed E-state index contributed by atoms with van der Waals surface area (Å²) in [5.74, 6) is -1.10. The van der Waals surface area contributed by atoms with Crippen LogP contribution >= 0.6 is 11.6 Å². The minimum atomic E-state index is -0.652. The van der Waals surface area contributed by atoms with E-state index in [1.54, 1.807) is 11.6 Å². The molecule has 0 radical (unpaired) electrons. The van der Waals surface area contributed by atoms with Crippen molar-refractivity contribution in [2.45, 2.75) is 13.8 Å². The summed E-state index contributed by atoms with van der Waals surface area (Å²) in [6.07, 6.45) is 1.46. The van der Waals surface area contributed by atoms with Gasteiger partial charge in [-0.25, -0.2) is 9.48 Å². The highest BCUT2D eigenvalue weighted by atomic mass is 35.5. The van der Waals surface area contributed by atoms with Gasteiger partial charge >= 0.3 is 5.97 Å². The van der Waals surface area contributed by atoms with Crippen molar-refractivity contribution in [2.75, 3.05) is 11.9 Å². The lowest BCUT2D eigenvalue weighted by molar-refractivity contribution is -0.119. The van der Waals surface area contributed by atoms with Gasteiger partial charge in [0.2, 0.25) is 0 Å². The molecule has 3 aromatic rings. The molecule has 0 aliphatic heterocycles. The van der Waals surface area contributed by atoms with E-state index in [1.165, 1.54) is 12.3 Å². The van der Waals surface area contributed by atoms with E-state index in [-0.39, 0.29) is 5.69 Å². The van der Waals surface area contributed by atoms with Crippen molar-refractivity contribution in [2.24, 2.45) is 0 Å². The highest BCUT2D eigenvalue weighted by Gasteiger charge is 2.17. The fraction of sp³-hybridized carbons (Fsp3) is 0.167. The number of aryl methyl sites for hydroxylation is 1. The molecule has 0 aliphatic rings. The lowest BCUT2D eigenvalue weighted by Crippen LogP contribution is -2.21. The van der Waals surface area contributed by atoms with E-state index in [2.05, 4.69) is 15.4 Å². The zero-order valence-corrected chi connectivity index (χ0v) is 15.0. The van der Waals surface area contributed by atoms with Crippen LogP contribution in [-0.2, 0) is 9.53 Å². The van der Waals surface area contributed by atoms with Gasteiger partial charge in [0.05, 0.1) is 27.8 Å². The standard InChI is InChI=1S/C18H17ClN4O3/c1-11-17(12(2)23(22-11)14-6-4-3-5-7-14)21-16(24)10-26-18(25)15-8-13(19)9-20-15/h3-9,20H,10H2,1-2H3,(H,21,24). The Kier molecular flexibility index (Phi) is 5.09. The number of benzene rings is 1. The molecule has 7 nitrogen and oxygen atoms in total. The van der Waals surface area contributed by atoms with Gasteiger partial charge < -0.3 is 15.0 Å². The second kappa shape index (κ2) is 7.45. The first kappa shape index (κ1) is 17.8. The highest BCUT2D eigenvalue weighted by Crippen LogP contribution is 2.22. The number of carbonyl (C=O) groups is 2. The number of amides is 1. The number of aromatic nitrogens is 3. The van der Waals surface area contributed by atoms with E-state index in [9.17, 15) is 9.59 Å². The van der Waals surface area contributed by atoms with E-state index in [4.69, 9.17) is 16.3 Å². The molecular formula is C18H17ClN4O3. The molecule has 2 heterocycles. The van der Waals surface area contributed by atoms with E-state index >= 15 is 0 Å². The maximum absolute atomic E-state index is 12.1. The molecule has 3 rings (SSSR count). The normalized spacial score (nSPS) is 10.6. The SMILES string of the molecule is Cc1nn(-c2ccccc2)c(C)c1NC(=O)COC(=O)c1cc(Cl)c[nH]1. The van der Waals surface area contributed by atoms with Crippen molar-refractivity contribution >= 4 is 29.2 Å². The third-order valence-corrected chi connectivity index (χ3v) is 3.98. The summed E-state index contributed by atoms with van der Waals surface area (Å²) in [6.45, 7) is 3.25. The fourth-order valence-electron chi connectivity index (χ4n) is 2.51. The Labute approximate surface area is 154 Å². The number of ether oxygens (including phenoxy) is 1. The highest BCUT2D eigenvalue weighted by molar-refractivity contribution is 6.30. The largest absolute Gasteiger partial charge is 0.451 e. The predicted octanol–water partition coefficient (Wildman–Crippen LogP) is 3.27. The molecule has 2 aromatic heterocycles. The topological polar surface area (TPSA) is 89.0 Å². The Morgan fingerprint density at radius 3 is 2.65 bits per heavy atom. The van der Waals surface area contributed by atoms with Crippen LogP contribution in [0.5, 0.6) is 0 Å². The minimum absolute atomic E-state index is 0.187. The molecule has 0 atom stereocenters. The van der Waals surface area contributed by atoms with E-state index in [1.807, 2.05) is 37.3 Å². The number of anilines is 1. The van der Waals surface area contributed by atoms with Crippen LogP contribution in [0.15, 0.2) is 42.6 Å². The first-order valence-electron chi connectivity index (χ1n) is 7.88. The van der Waals surface area contributed by atoms with Crippen molar-refractivity contribution in [1.82, 2.24) is 14.8 Å². The number of H-pyrrole nitrogens is 1. The van der Waals surface area contributed by atoms with Gasteiger partial charge in [0.15, 0.2) is 6.61 Å². The number of carbonyl (C=O) groups excluding carboxylic acids is 2. The molecule has 0 saturated heterocycles. The summed E-state index contributed by atoms with van der Waals surface area (Å²) in [6, 6.07) is 11.0. The Morgan fingerprint density at radius 2 is 2.00 bits per heavy atom. The average Bonchev–Trinajstić information content (AvgIpc) is 3.19. The Hall–Kier alpha value is -3.06. The molecule has 134 valence electrons. The maximum atomic E-state index is 12.1. The van der Waals surface area contributed by atoms with Crippen molar-refractivity contribution in [3.8, 4) is 5.69 Å². The van der Waals surface area contributed by atoms with Gasteiger partial charge in [-0.05, 0) is 32.0 Å². The molecule has 8 heteroatoms. The van der Waals surface area contributed by atoms with Gasteiger partial charge in [0.1, 0.15) is 5.69 Å². The number of nitrogens with one attached hydrogen (secondary N) is 2. The predicted molar refractivity (Wildman–Crippen MR) is 97.8 cm³/mol. The van der Waals surface area contributed by atoms with Crippen LogP contribution < -0.4 is 5.32 Å². The quantitative estimate of drug-likeness (QED) is 0.673. The van der Waals surface area contributed by atoms with Crippen molar-refractivity contribution < 1.29 is 14.3 Å². The first-order valence-corrected chi connectivity index (χ1v) is 8.26. The molecule has 2 N–H and O–H groups in total. The summed E-state index contributed by atoms with van der Waals surface area (Å²) in [5.41, 5.74) is 3.13. The summed E-state index contributed by atoms with van der Waals surface area (Å²) >= 11 is 5.73. The molecule has 0 bridgehead atoms. The number of esters is 1. The third kappa shape index (κ3) is 3.78. The number of rotatable bonds is 5. The second-order valence-corrected chi connectivity index (χ2v) is 6.09. The lowest BCUT2D eigenvalue weighted by atomic mass is 10.3. The van der Waals surface area contributed by atoms with Gasteiger partial charge in [-0.15, -0.1) is 0 Å². The van der Waals surface area contributed by atoms with Crippen LogP contribution in [0.2, 0.25) is 5.02 Å². The Balaban J connectivity index is 1.66. The van der Waals surface area contributed by atoms with Gasteiger partial charge in [-0.2, -0.15) is 5.10 Å². The van der Waals surface area contributed by atoms with E-state index in [0.717, 1.165) is 11.4 Å². The molecule has 1 aromatic carbocycles. The summed E-state index contributed by atoms with van der Waals surface area (Å²) in [5, 5.41) is 7.59. The summed E-state index contributed by atoms with van der Waals surface area (Å²) < 4.78 is 6.73. The molecular weight excluding hydrogens is 356 g/mol. The van der Waals surface area contributed by atoms with Crippen LogP contribution in [-0.4, -0.2) is 33.2 Å². The van der Waals surface area contributed by atoms with Gasteiger partial charge in [0.25, 0.3) is 5.91 Å². The molecule has 0 unspecified atom stereocenters. The van der Waals surface area contributed by atoms with Crippen LogP contribution in [0.4, 0.5) is 5.69 Å². The molecule has 0 fully saturated rings. The Bertz CT molecular complexity index is 947. The maximum Gasteiger partial charge on any atom is 0.355 e. The molecule has 0 spiro atoms. The molecule has 26 heavy (non-hydrogen) atoms. The number of hydrogen-bond donors (Lipinski definition) is 2. The lowest BCUT2D eigenvalue weighted by Gasteiger charge is -2.07. The van der Waals surface area contributed by atoms with Crippen molar-refractivity contribution in [3.63, 3.8) is 0 Å². The zero-order chi connectivity index (χ0) is 18.7. The van der Waals surface area contributed by atoms with E-state index in [0.29, 0.717) is 16.4 Å². The minimum Gasteiger partial charge on any atom is -0.451 e. The fourth-order valence-corrected chi connectivity index (χ4v) is 2.68. The monoisotopic (exact) mass is 372 g/mol. The van der Waals surface area contributed by atoms with E-state index < -0.39 is 18.5 Å². The molecule has 0 saturated carbocycles. The summed E-state index contributed by atoms with van der Waals surface area (Å²) in [7, 11) is 0. The van der Waals surface area contributed by atoms with Gasteiger partial charge in [-0.3, -0.25) is 4.79 Å². The number of para-hydroxylation sites is 1. The van der Waals surface area contributed by atoms with Crippen molar-refractivity contribution in [3.05, 3.63) is 64.7 Å². The van der Waals surface area contributed by atoms with Crippen LogP contribution in [0, 0.1) is 13.8 Å². The number of halogens is 1. The van der Waals surface area contributed by atoms with Crippen molar-refractivity contribution in [1.29, 1.82) is 0 Å². The van der Waals surface area contributed by atoms with Crippen LogP contribution in [0.25, 0.3) is 5.69 Å². The number of hydrogen-bond acceptors (Lipinski definition) is 4.